The zero-order valence-corrected chi connectivity index (χ0v) is 13.9. The first-order valence-corrected chi connectivity index (χ1v) is 8.08. The molecule has 0 aliphatic carbocycles. The second-order valence-corrected chi connectivity index (χ2v) is 6.40. The van der Waals surface area contributed by atoms with Crippen LogP contribution in [-0.4, -0.2) is 30.1 Å². The van der Waals surface area contributed by atoms with E-state index in [-0.39, 0.29) is 24.6 Å². The maximum absolute atomic E-state index is 11.1. The van der Waals surface area contributed by atoms with E-state index in [1.54, 1.807) is 6.08 Å². The monoisotopic (exact) mass is 308 g/mol. The van der Waals surface area contributed by atoms with Crippen molar-refractivity contribution in [3.8, 4) is 0 Å². The van der Waals surface area contributed by atoms with Crippen molar-refractivity contribution >= 4 is 12.3 Å². The minimum Gasteiger partial charge on any atom is -0.461 e. The lowest BCUT2D eigenvalue weighted by molar-refractivity contribution is -0.189. The molecule has 0 aromatic carbocycles. The maximum Gasteiger partial charge on any atom is 0.315 e. The predicted octanol–water partition coefficient (Wildman–Crippen LogP) is 3.20. The Kier molecular flexibility index (Phi) is 8.10. The van der Waals surface area contributed by atoms with Gasteiger partial charge >= 0.3 is 5.97 Å². The van der Waals surface area contributed by atoms with Crippen molar-refractivity contribution in [2.75, 3.05) is 6.61 Å². The van der Waals surface area contributed by atoms with Crippen molar-refractivity contribution < 1.29 is 19.4 Å². The van der Waals surface area contributed by atoms with E-state index in [2.05, 4.69) is 19.9 Å². The van der Waals surface area contributed by atoms with E-state index in [1.165, 1.54) is 5.57 Å². The van der Waals surface area contributed by atoms with Crippen LogP contribution in [0, 0.1) is 11.8 Å². The summed E-state index contributed by atoms with van der Waals surface area (Å²) in [5.74, 6) is 0.0356. The van der Waals surface area contributed by atoms with Gasteiger partial charge in [-0.05, 0) is 50.7 Å². The van der Waals surface area contributed by atoms with Gasteiger partial charge in [0.2, 0.25) is 0 Å². The van der Waals surface area contributed by atoms with E-state index >= 15 is 0 Å². The maximum atomic E-state index is 11.1. The molecule has 1 rings (SSSR count). The van der Waals surface area contributed by atoms with Crippen molar-refractivity contribution in [2.45, 2.75) is 59.0 Å². The summed E-state index contributed by atoms with van der Waals surface area (Å²) in [4.78, 5) is 21.4. The van der Waals surface area contributed by atoms with Crippen LogP contribution in [0.5, 0.6) is 0 Å². The molecule has 0 aromatic heterocycles. The first-order valence-electron chi connectivity index (χ1n) is 8.08. The summed E-state index contributed by atoms with van der Waals surface area (Å²) in [6.45, 7) is 6.16. The molecule has 124 valence electrons. The normalized spacial score (nSPS) is 23.7. The van der Waals surface area contributed by atoms with Crippen LogP contribution < -0.4 is 0 Å². The second-order valence-electron chi connectivity index (χ2n) is 6.40. The number of hydrogen-bond donors (Lipinski definition) is 1. The zero-order valence-electron chi connectivity index (χ0n) is 13.9. The fourth-order valence-corrected chi connectivity index (χ4v) is 2.94. The molecule has 22 heavy (non-hydrogen) atoms. The Morgan fingerprint density at radius 1 is 1.36 bits per heavy atom. The van der Waals surface area contributed by atoms with Gasteiger partial charge in [-0.2, -0.15) is 0 Å². The third-order valence-electron chi connectivity index (χ3n) is 4.13. The van der Waals surface area contributed by atoms with E-state index < -0.39 is 0 Å². The van der Waals surface area contributed by atoms with E-state index in [9.17, 15) is 9.59 Å². The zero-order chi connectivity index (χ0) is 16.5. The number of ether oxygens (including phenoxy) is 1. The average molecular weight is 308 g/mol. The fraction of sp³-hybridized carbons (Fsp3) is 0.667. The summed E-state index contributed by atoms with van der Waals surface area (Å²) in [6, 6.07) is 0. The Hall–Kier alpha value is -1.42. The number of hydrogen-bond acceptors (Lipinski definition) is 4. The molecule has 4 nitrogen and oxygen atoms in total. The Bertz CT molecular complexity index is 436. The quantitative estimate of drug-likeness (QED) is 0.221. The largest absolute Gasteiger partial charge is 0.461 e. The Morgan fingerprint density at radius 3 is 2.68 bits per heavy atom. The first-order chi connectivity index (χ1) is 10.5. The fourth-order valence-electron chi connectivity index (χ4n) is 2.94. The molecule has 0 spiro atoms. The molecule has 1 heterocycles. The standard InChI is InChI=1S/C18H28O4/c1-13(10-15(3)11-14(2)8-9-19)6-4-5-7-17-16(12-20)18(21)22-17/h8-9,11,13,16-17,20H,4-7,10,12H2,1-3H3/b14-8+,15-11+/t13-,16-,17-/m1/s1. The minimum atomic E-state index is -0.296. The van der Waals surface area contributed by atoms with Crippen LogP contribution in [0.3, 0.4) is 0 Å². The van der Waals surface area contributed by atoms with Crippen LogP contribution >= 0.6 is 0 Å². The number of carbonyl (C=O) groups is 2. The highest BCUT2D eigenvalue weighted by atomic mass is 16.6. The third kappa shape index (κ3) is 6.14. The predicted molar refractivity (Wildman–Crippen MR) is 86.3 cm³/mol. The summed E-state index contributed by atoms with van der Waals surface area (Å²) in [7, 11) is 0. The van der Waals surface area contributed by atoms with Crippen molar-refractivity contribution in [3.05, 3.63) is 23.3 Å². The highest BCUT2D eigenvalue weighted by Gasteiger charge is 2.41. The first kappa shape index (κ1) is 18.6. The smallest absolute Gasteiger partial charge is 0.315 e. The Labute approximate surface area is 133 Å². The van der Waals surface area contributed by atoms with E-state index in [0.717, 1.165) is 44.0 Å². The summed E-state index contributed by atoms with van der Waals surface area (Å²) in [5.41, 5.74) is 2.28. The molecule has 0 radical (unpaired) electrons. The second kappa shape index (κ2) is 9.57. The van der Waals surface area contributed by atoms with Crippen LogP contribution in [0.2, 0.25) is 0 Å². The highest BCUT2D eigenvalue weighted by Crippen LogP contribution is 2.27. The number of rotatable bonds is 10. The minimum absolute atomic E-state index is 0.0782. The lowest BCUT2D eigenvalue weighted by Gasteiger charge is -2.33. The number of allylic oxidation sites excluding steroid dienone is 4. The molecule has 4 heteroatoms. The van der Waals surface area contributed by atoms with Crippen LogP contribution in [0.25, 0.3) is 0 Å². The molecule has 0 amide bonds. The molecule has 1 saturated heterocycles. The molecule has 1 aliphatic rings. The van der Waals surface area contributed by atoms with E-state index in [1.807, 2.05) is 6.92 Å². The van der Waals surface area contributed by atoms with Gasteiger partial charge in [0.15, 0.2) is 0 Å². The van der Waals surface area contributed by atoms with Gasteiger partial charge < -0.3 is 9.84 Å². The van der Waals surface area contributed by atoms with Gasteiger partial charge in [0.1, 0.15) is 18.3 Å². The average Bonchev–Trinajstić information content (AvgIpc) is 2.42. The van der Waals surface area contributed by atoms with Crippen LogP contribution in [0.1, 0.15) is 52.9 Å². The number of unbranched alkanes of at least 4 members (excludes halogenated alkanes) is 1. The molecular weight excluding hydrogens is 280 g/mol. The SMILES string of the molecule is CC(=C\C=O)/C=C(\C)C[C@H](C)CCCC[C@H]1OC(=O)[C@@H]1CO. The number of aliphatic hydroxyl groups excluding tert-OH is 1. The number of aldehydes is 1. The topological polar surface area (TPSA) is 63.6 Å². The Balaban J connectivity index is 2.18. The number of carbonyl (C=O) groups excluding carboxylic acids is 2. The summed E-state index contributed by atoms with van der Waals surface area (Å²) in [5, 5.41) is 9.05. The lowest BCUT2D eigenvalue weighted by atomic mass is 9.91. The van der Waals surface area contributed by atoms with E-state index in [0.29, 0.717) is 5.92 Å². The van der Waals surface area contributed by atoms with Gasteiger partial charge in [-0.15, -0.1) is 0 Å². The molecule has 1 fully saturated rings. The van der Waals surface area contributed by atoms with Crippen molar-refractivity contribution in [1.82, 2.24) is 0 Å². The van der Waals surface area contributed by atoms with Crippen molar-refractivity contribution in [3.63, 3.8) is 0 Å². The van der Waals surface area contributed by atoms with Gasteiger partial charge in [-0.1, -0.05) is 31.4 Å². The summed E-state index contributed by atoms with van der Waals surface area (Å²) < 4.78 is 5.04. The molecule has 0 bridgehead atoms. The molecule has 0 aromatic rings. The van der Waals surface area contributed by atoms with Crippen molar-refractivity contribution in [2.24, 2.45) is 11.8 Å². The molecule has 1 N–H and O–H groups in total. The van der Waals surface area contributed by atoms with Gasteiger partial charge in [0.05, 0.1) is 6.61 Å². The van der Waals surface area contributed by atoms with Gasteiger partial charge in [-0.3, -0.25) is 9.59 Å². The lowest BCUT2D eigenvalue weighted by Crippen LogP contribution is -2.47. The highest BCUT2D eigenvalue weighted by molar-refractivity contribution is 5.78. The van der Waals surface area contributed by atoms with Gasteiger partial charge in [0.25, 0.3) is 0 Å². The molecule has 0 saturated carbocycles. The Morgan fingerprint density at radius 2 is 2.09 bits per heavy atom. The van der Waals surface area contributed by atoms with Crippen LogP contribution in [0.4, 0.5) is 0 Å². The van der Waals surface area contributed by atoms with Crippen molar-refractivity contribution in [1.29, 1.82) is 0 Å². The van der Waals surface area contributed by atoms with E-state index in [4.69, 9.17) is 9.84 Å². The van der Waals surface area contributed by atoms with Gasteiger partial charge in [0, 0.05) is 0 Å². The molecule has 0 unspecified atom stereocenters. The number of aliphatic hydroxyl groups is 1. The number of cyclic esters (lactones) is 1. The van der Waals surface area contributed by atoms with Gasteiger partial charge in [-0.25, -0.2) is 0 Å². The molecular formula is C18H28O4. The van der Waals surface area contributed by atoms with Crippen LogP contribution in [0.15, 0.2) is 23.3 Å². The number of esters is 1. The molecule has 1 aliphatic heterocycles. The third-order valence-corrected chi connectivity index (χ3v) is 4.13. The summed E-state index contributed by atoms with van der Waals surface area (Å²) >= 11 is 0. The molecule has 3 atom stereocenters. The van der Waals surface area contributed by atoms with Crippen LogP contribution in [-0.2, 0) is 14.3 Å². The summed E-state index contributed by atoms with van der Waals surface area (Å²) in [6.07, 6.45) is 9.50.